The summed E-state index contributed by atoms with van der Waals surface area (Å²) >= 11 is 12.2. The molecule has 7 nitrogen and oxygen atoms in total. The van der Waals surface area contributed by atoms with Crippen LogP contribution in [0.2, 0.25) is 10.0 Å². The Balaban J connectivity index is 1.65. The summed E-state index contributed by atoms with van der Waals surface area (Å²) in [7, 11) is 0. The standard InChI is InChI=1S/C21H19Cl2N5O2/c1-13-6-16(14(2)28(13)19-8-17(22)7-18(23)9-19)12-26-27-21(30)20(29)25-11-15-4-3-5-24-10-15/h3-10,12H,11H2,1-2H3,(H,25,29)(H,27,30)/b26-12-. The van der Waals surface area contributed by atoms with Crippen LogP contribution in [0.3, 0.4) is 0 Å². The Bertz CT molecular complexity index is 1090. The minimum absolute atomic E-state index is 0.202. The molecule has 0 bridgehead atoms. The van der Waals surface area contributed by atoms with Gasteiger partial charge in [-0.15, -0.1) is 0 Å². The van der Waals surface area contributed by atoms with E-state index in [0.29, 0.717) is 10.0 Å². The summed E-state index contributed by atoms with van der Waals surface area (Å²) < 4.78 is 1.97. The number of pyridine rings is 1. The number of amides is 2. The van der Waals surface area contributed by atoms with Crippen molar-refractivity contribution in [2.75, 3.05) is 0 Å². The number of aromatic nitrogens is 2. The van der Waals surface area contributed by atoms with Crippen molar-refractivity contribution in [2.24, 2.45) is 5.10 Å². The van der Waals surface area contributed by atoms with E-state index in [9.17, 15) is 9.59 Å². The van der Waals surface area contributed by atoms with Crippen molar-refractivity contribution >= 4 is 41.2 Å². The van der Waals surface area contributed by atoms with Crippen LogP contribution in [0, 0.1) is 13.8 Å². The third-order valence-electron chi connectivity index (χ3n) is 4.33. The number of carbonyl (C=O) groups excluding carboxylic acids is 2. The van der Waals surface area contributed by atoms with Crippen LogP contribution in [0.5, 0.6) is 0 Å². The van der Waals surface area contributed by atoms with E-state index in [0.717, 1.165) is 28.2 Å². The van der Waals surface area contributed by atoms with Gasteiger partial charge in [0.05, 0.1) is 6.21 Å². The highest BCUT2D eigenvalue weighted by atomic mass is 35.5. The van der Waals surface area contributed by atoms with Crippen LogP contribution in [0.4, 0.5) is 0 Å². The monoisotopic (exact) mass is 443 g/mol. The van der Waals surface area contributed by atoms with Crippen molar-refractivity contribution in [3.63, 3.8) is 0 Å². The average Bonchev–Trinajstić information content (AvgIpc) is 2.99. The lowest BCUT2D eigenvalue weighted by Gasteiger charge is -2.10. The van der Waals surface area contributed by atoms with Gasteiger partial charge in [0.1, 0.15) is 0 Å². The van der Waals surface area contributed by atoms with Crippen molar-refractivity contribution in [3.8, 4) is 5.69 Å². The van der Waals surface area contributed by atoms with E-state index in [1.54, 1.807) is 30.6 Å². The fraction of sp³-hybridized carbons (Fsp3) is 0.143. The molecule has 2 amide bonds. The summed E-state index contributed by atoms with van der Waals surface area (Å²) in [5.41, 5.74) is 6.44. The molecule has 3 rings (SSSR count). The Hall–Kier alpha value is -3.16. The van der Waals surface area contributed by atoms with E-state index in [1.165, 1.54) is 6.21 Å². The molecule has 3 aromatic rings. The van der Waals surface area contributed by atoms with E-state index in [1.807, 2.05) is 36.6 Å². The summed E-state index contributed by atoms with van der Waals surface area (Å²) in [5, 5.41) is 7.47. The maximum absolute atomic E-state index is 11.9. The van der Waals surface area contributed by atoms with Crippen LogP contribution in [-0.4, -0.2) is 27.6 Å². The zero-order valence-corrected chi connectivity index (χ0v) is 17.8. The number of nitrogens with one attached hydrogen (secondary N) is 2. The second-order valence-electron chi connectivity index (χ2n) is 6.53. The van der Waals surface area contributed by atoms with E-state index >= 15 is 0 Å². The number of hydrogen-bond acceptors (Lipinski definition) is 4. The van der Waals surface area contributed by atoms with Gasteiger partial charge in [0.25, 0.3) is 0 Å². The third kappa shape index (κ3) is 5.25. The molecule has 0 saturated carbocycles. The first-order valence-electron chi connectivity index (χ1n) is 9.00. The van der Waals surface area contributed by atoms with Crippen LogP contribution >= 0.6 is 23.2 Å². The Kier molecular flexibility index (Phi) is 6.87. The van der Waals surface area contributed by atoms with Crippen LogP contribution < -0.4 is 10.7 Å². The summed E-state index contributed by atoms with van der Waals surface area (Å²) in [4.78, 5) is 27.8. The fourth-order valence-corrected chi connectivity index (χ4v) is 3.48. The van der Waals surface area contributed by atoms with E-state index in [2.05, 4.69) is 20.8 Å². The molecule has 0 atom stereocenters. The molecule has 154 valence electrons. The molecule has 0 fully saturated rings. The van der Waals surface area contributed by atoms with Gasteiger partial charge in [-0.2, -0.15) is 5.10 Å². The van der Waals surface area contributed by atoms with Gasteiger partial charge in [0.15, 0.2) is 0 Å². The van der Waals surface area contributed by atoms with E-state index in [4.69, 9.17) is 23.2 Å². The first-order valence-corrected chi connectivity index (χ1v) is 9.76. The molecular formula is C21H19Cl2N5O2. The van der Waals surface area contributed by atoms with Gasteiger partial charge >= 0.3 is 11.8 Å². The van der Waals surface area contributed by atoms with Crippen molar-refractivity contribution in [3.05, 3.63) is 81.4 Å². The predicted molar refractivity (Wildman–Crippen MR) is 117 cm³/mol. The third-order valence-corrected chi connectivity index (χ3v) is 4.76. The van der Waals surface area contributed by atoms with Gasteiger partial charge in [-0.05, 0) is 49.7 Å². The summed E-state index contributed by atoms with van der Waals surface area (Å²) in [6, 6.07) is 10.7. The lowest BCUT2D eigenvalue weighted by molar-refractivity contribution is -0.139. The summed E-state index contributed by atoms with van der Waals surface area (Å²) in [6.07, 6.45) is 4.72. The average molecular weight is 444 g/mol. The Labute approximate surface area is 183 Å². The predicted octanol–water partition coefficient (Wildman–Crippen LogP) is 3.56. The number of halogens is 2. The van der Waals surface area contributed by atoms with Crippen LogP contribution in [0.15, 0.2) is 53.9 Å². The first kappa shape index (κ1) is 21.5. The SMILES string of the molecule is Cc1cc(/C=N\NC(=O)C(=O)NCc2cccnc2)c(C)n1-c1cc(Cl)cc(Cl)c1. The molecule has 0 spiro atoms. The molecule has 2 heterocycles. The minimum atomic E-state index is -0.856. The van der Waals surface area contributed by atoms with Gasteiger partial charge in [-0.1, -0.05) is 29.3 Å². The Morgan fingerprint density at radius 1 is 1.13 bits per heavy atom. The second kappa shape index (κ2) is 9.56. The van der Waals surface area contributed by atoms with Gasteiger partial charge < -0.3 is 9.88 Å². The van der Waals surface area contributed by atoms with Crippen LogP contribution in [0.25, 0.3) is 5.69 Å². The number of nitrogens with zero attached hydrogens (tertiary/aromatic N) is 3. The maximum atomic E-state index is 11.9. The fourth-order valence-electron chi connectivity index (χ4n) is 2.96. The van der Waals surface area contributed by atoms with Crippen molar-refractivity contribution in [2.45, 2.75) is 20.4 Å². The number of hydrazone groups is 1. The molecule has 0 aliphatic carbocycles. The first-order chi connectivity index (χ1) is 14.3. The van der Waals surface area contributed by atoms with Gasteiger partial charge in [0.2, 0.25) is 0 Å². The Morgan fingerprint density at radius 3 is 2.53 bits per heavy atom. The molecule has 0 radical (unpaired) electrons. The van der Waals surface area contributed by atoms with Crippen LogP contribution in [-0.2, 0) is 16.1 Å². The normalized spacial score (nSPS) is 10.9. The molecule has 0 unspecified atom stereocenters. The van der Waals surface area contributed by atoms with Crippen LogP contribution in [0.1, 0.15) is 22.5 Å². The summed E-state index contributed by atoms with van der Waals surface area (Å²) in [6.45, 7) is 4.04. The molecule has 0 saturated heterocycles. The molecule has 2 N–H and O–H groups in total. The molecular weight excluding hydrogens is 425 g/mol. The van der Waals surface area contributed by atoms with Gasteiger partial charge in [-0.25, -0.2) is 5.43 Å². The zero-order valence-electron chi connectivity index (χ0n) is 16.3. The number of aryl methyl sites for hydroxylation is 1. The number of benzene rings is 1. The summed E-state index contributed by atoms with van der Waals surface area (Å²) in [5.74, 6) is -1.64. The molecule has 2 aromatic heterocycles. The highest BCUT2D eigenvalue weighted by Crippen LogP contribution is 2.25. The number of carbonyl (C=O) groups is 2. The highest BCUT2D eigenvalue weighted by molar-refractivity contribution is 6.35. The lowest BCUT2D eigenvalue weighted by atomic mass is 10.2. The Morgan fingerprint density at radius 2 is 1.87 bits per heavy atom. The second-order valence-corrected chi connectivity index (χ2v) is 7.41. The van der Waals surface area contributed by atoms with Gasteiger partial charge in [-0.3, -0.25) is 14.6 Å². The van der Waals surface area contributed by atoms with Crippen molar-refractivity contribution in [1.29, 1.82) is 0 Å². The van der Waals surface area contributed by atoms with Gasteiger partial charge in [0, 0.05) is 51.6 Å². The minimum Gasteiger partial charge on any atom is -0.344 e. The lowest BCUT2D eigenvalue weighted by Crippen LogP contribution is -2.37. The molecule has 0 aliphatic rings. The molecule has 1 aromatic carbocycles. The molecule has 30 heavy (non-hydrogen) atoms. The van der Waals surface area contributed by atoms with Crippen molar-refractivity contribution in [1.82, 2.24) is 20.3 Å². The smallest absolute Gasteiger partial charge is 0.329 e. The quantitative estimate of drug-likeness (QED) is 0.358. The highest BCUT2D eigenvalue weighted by Gasteiger charge is 2.13. The maximum Gasteiger partial charge on any atom is 0.329 e. The zero-order chi connectivity index (χ0) is 21.7. The molecule has 0 aliphatic heterocycles. The van der Waals surface area contributed by atoms with Crippen molar-refractivity contribution < 1.29 is 9.59 Å². The van der Waals surface area contributed by atoms with E-state index in [-0.39, 0.29) is 6.54 Å². The van der Waals surface area contributed by atoms with E-state index < -0.39 is 11.8 Å². The topological polar surface area (TPSA) is 88.4 Å². The number of hydrogen-bond donors (Lipinski definition) is 2. The largest absolute Gasteiger partial charge is 0.344 e. The number of rotatable bonds is 5. The molecule has 9 heteroatoms.